The third-order valence-corrected chi connectivity index (χ3v) is 5.02. The quantitative estimate of drug-likeness (QED) is 0.715. The first-order chi connectivity index (χ1) is 13.1. The highest BCUT2D eigenvalue weighted by Gasteiger charge is 2.28. The summed E-state index contributed by atoms with van der Waals surface area (Å²) in [6.07, 6.45) is 3.22. The van der Waals surface area contributed by atoms with Gasteiger partial charge in [0.1, 0.15) is 11.8 Å². The van der Waals surface area contributed by atoms with Crippen molar-refractivity contribution < 1.29 is 9.53 Å². The molecule has 27 heavy (non-hydrogen) atoms. The van der Waals surface area contributed by atoms with Gasteiger partial charge in [-0.25, -0.2) is 4.98 Å². The van der Waals surface area contributed by atoms with Crippen molar-refractivity contribution in [1.29, 1.82) is 0 Å². The highest BCUT2D eigenvalue weighted by molar-refractivity contribution is 5.93. The van der Waals surface area contributed by atoms with E-state index in [0.29, 0.717) is 25.4 Å². The molecule has 1 fully saturated rings. The maximum absolute atomic E-state index is 13.2. The second kappa shape index (κ2) is 7.37. The molecule has 2 heterocycles. The predicted molar refractivity (Wildman–Crippen MR) is 104 cm³/mol. The van der Waals surface area contributed by atoms with E-state index in [2.05, 4.69) is 37.0 Å². The molecule has 1 aromatic heterocycles. The molecule has 5 heteroatoms. The number of rotatable bonds is 3. The number of benzene rings is 2. The predicted octanol–water partition coefficient (Wildman–Crippen LogP) is 3.70. The molecule has 0 radical (unpaired) electrons. The van der Waals surface area contributed by atoms with Gasteiger partial charge in [-0.05, 0) is 37.1 Å². The Bertz CT molecular complexity index is 949. The number of amides is 1. The minimum atomic E-state index is -0.101. The fourth-order valence-corrected chi connectivity index (χ4v) is 3.62. The highest BCUT2D eigenvalue weighted by Crippen LogP contribution is 2.27. The summed E-state index contributed by atoms with van der Waals surface area (Å²) in [5.41, 5.74) is 5.07. The molecular formula is C22H23N3O2. The van der Waals surface area contributed by atoms with Crippen LogP contribution in [0.2, 0.25) is 0 Å². The van der Waals surface area contributed by atoms with Crippen molar-refractivity contribution in [2.75, 3.05) is 19.7 Å². The number of hydrogen-bond donors (Lipinski definition) is 0. The van der Waals surface area contributed by atoms with E-state index in [0.717, 1.165) is 11.3 Å². The number of morpholine rings is 1. The van der Waals surface area contributed by atoms with Crippen LogP contribution in [0, 0.1) is 13.8 Å². The number of aromatic nitrogens is 2. The molecule has 3 aromatic rings. The van der Waals surface area contributed by atoms with Crippen molar-refractivity contribution in [2.45, 2.75) is 20.0 Å². The van der Waals surface area contributed by atoms with Gasteiger partial charge in [-0.2, -0.15) is 0 Å². The van der Waals surface area contributed by atoms with Crippen molar-refractivity contribution >= 4 is 5.91 Å². The van der Waals surface area contributed by atoms with Crippen LogP contribution in [0.25, 0.3) is 5.69 Å². The van der Waals surface area contributed by atoms with Crippen molar-refractivity contribution in [1.82, 2.24) is 14.5 Å². The van der Waals surface area contributed by atoms with Crippen LogP contribution < -0.4 is 0 Å². The van der Waals surface area contributed by atoms with E-state index in [-0.39, 0.29) is 12.0 Å². The Labute approximate surface area is 159 Å². The lowest BCUT2D eigenvalue weighted by Gasteiger charge is -2.34. The van der Waals surface area contributed by atoms with Gasteiger partial charge >= 0.3 is 0 Å². The Kier molecular flexibility index (Phi) is 4.77. The smallest absolute Gasteiger partial charge is 0.272 e. The molecule has 0 saturated carbocycles. The molecule has 0 aliphatic carbocycles. The van der Waals surface area contributed by atoms with Crippen molar-refractivity contribution in [3.63, 3.8) is 0 Å². The average Bonchev–Trinajstić information content (AvgIpc) is 3.18. The molecular weight excluding hydrogens is 338 g/mol. The van der Waals surface area contributed by atoms with E-state index >= 15 is 0 Å². The molecule has 0 bridgehead atoms. The molecule has 5 nitrogen and oxygen atoms in total. The second-order valence-corrected chi connectivity index (χ2v) is 6.96. The zero-order valence-electron chi connectivity index (χ0n) is 15.6. The molecule has 1 unspecified atom stereocenters. The summed E-state index contributed by atoms with van der Waals surface area (Å²) in [4.78, 5) is 19.2. The van der Waals surface area contributed by atoms with E-state index in [1.165, 1.54) is 11.1 Å². The molecule has 138 valence electrons. The summed E-state index contributed by atoms with van der Waals surface area (Å²) >= 11 is 0. The van der Waals surface area contributed by atoms with Crippen molar-refractivity contribution in [2.24, 2.45) is 0 Å². The third-order valence-electron chi connectivity index (χ3n) is 5.02. The Morgan fingerprint density at radius 3 is 2.74 bits per heavy atom. The largest absolute Gasteiger partial charge is 0.370 e. The molecule has 1 atom stereocenters. The molecule has 0 N–H and O–H groups in total. The average molecular weight is 361 g/mol. The molecule has 2 aromatic carbocycles. The maximum atomic E-state index is 13.2. The molecule has 1 saturated heterocycles. The molecule has 4 rings (SSSR count). The summed E-state index contributed by atoms with van der Waals surface area (Å²) in [6.45, 7) is 5.84. The maximum Gasteiger partial charge on any atom is 0.272 e. The summed E-state index contributed by atoms with van der Waals surface area (Å²) in [7, 11) is 0. The Morgan fingerprint density at radius 2 is 1.96 bits per heavy atom. The van der Waals surface area contributed by atoms with Gasteiger partial charge in [-0.15, -0.1) is 0 Å². The molecule has 1 aliphatic heterocycles. The molecule has 0 spiro atoms. The van der Waals surface area contributed by atoms with Crippen LogP contribution in [-0.4, -0.2) is 40.1 Å². The van der Waals surface area contributed by atoms with Crippen LogP contribution in [0.15, 0.2) is 61.1 Å². The Morgan fingerprint density at radius 1 is 1.15 bits per heavy atom. The number of nitrogens with zero attached hydrogens (tertiary/aromatic N) is 3. The molecule has 1 amide bonds. The van der Waals surface area contributed by atoms with Gasteiger partial charge in [-0.1, -0.05) is 42.0 Å². The number of hydrogen-bond acceptors (Lipinski definition) is 3. The lowest BCUT2D eigenvalue weighted by Crippen LogP contribution is -2.43. The van der Waals surface area contributed by atoms with Gasteiger partial charge in [0.25, 0.3) is 5.91 Å². The van der Waals surface area contributed by atoms with Crippen LogP contribution in [0.3, 0.4) is 0 Å². The number of para-hydroxylation sites is 1. The van der Waals surface area contributed by atoms with Gasteiger partial charge in [0.2, 0.25) is 0 Å². The first-order valence-corrected chi connectivity index (χ1v) is 9.19. The lowest BCUT2D eigenvalue weighted by molar-refractivity contribution is -0.0233. The van der Waals surface area contributed by atoms with E-state index in [1.807, 2.05) is 39.8 Å². The first-order valence-electron chi connectivity index (χ1n) is 9.19. The van der Waals surface area contributed by atoms with Gasteiger partial charge in [-0.3, -0.25) is 9.36 Å². The summed E-state index contributed by atoms with van der Waals surface area (Å²) in [6, 6.07) is 16.2. The van der Waals surface area contributed by atoms with Gasteiger partial charge in [0.15, 0.2) is 0 Å². The minimum absolute atomic E-state index is 0.0191. The zero-order valence-corrected chi connectivity index (χ0v) is 15.6. The van der Waals surface area contributed by atoms with Gasteiger partial charge in [0.05, 0.1) is 25.7 Å². The van der Waals surface area contributed by atoms with E-state index in [9.17, 15) is 4.79 Å². The van der Waals surface area contributed by atoms with Crippen LogP contribution in [0.4, 0.5) is 0 Å². The summed E-state index contributed by atoms with van der Waals surface area (Å²) in [5, 5.41) is 0. The zero-order chi connectivity index (χ0) is 18.8. The number of carbonyl (C=O) groups excluding carboxylic acids is 1. The summed E-state index contributed by atoms with van der Waals surface area (Å²) in [5.74, 6) is -0.0191. The Balaban J connectivity index is 1.57. The van der Waals surface area contributed by atoms with Crippen molar-refractivity contribution in [3.05, 3.63) is 83.4 Å². The summed E-state index contributed by atoms with van der Waals surface area (Å²) < 4.78 is 7.82. The van der Waals surface area contributed by atoms with E-state index in [4.69, 9.17) is 4.74 Å². The molecule has 1 aliphatic rings. The normalized spacial score (nSPS) is 17.1. The third kappa shape index (κ3) is 3.51. The topological polar surface area (TPSA) is 47.4 Å². The van der Waals surface area contributed by atoms with E-state index in [1.54, 1.807) is 12.5 Å². The second-order valence-electron chi connectivity index (χ2n) is 6.96. The Hall–Kier alpha value is -2.92. The highest BCUT2D eigenvalue weighted by atomic mass is 16.5. The van der Waals surface area contributed by atoms with Crippen LogP contribution in [0.5, 0.6) is 0 Å². The van der Waals surface area contributed by atoms with Crippen LogP contribution in [-0.2, 0) is 4.74 Å². The number of aryl methyl sites for hydroxylation is 2. The van der Waals surface area contributed by atoms with E-state index < -0.39 is 0 Å². The first kappa shape index (κ1) is 17.5. The number of imidazole rings is 1. The van der Waals surface area contributed by atoms with Gasteiger partial charge < -0.3 is 9.64 Å². The fourth-order valence-electron chi connectivity index (χ4n) is 3.62. The number of ether oxygens (including phenoxy) is 1. The minimum Gasteiger partial charge on any atom is -0.370 e. The standard InChI is InChI=1S/C22H23N3O2/c1-16-8-9-19(17(2)12-16)21-14-24(10-11-27-21)22(26)20-13-23-15-25(20)18-6-4-3-5-7-18/h3-9,12-13,15,21H,10-11,14H2,1-2H3. The SMILES string of the molecule is Cc1ccc(C2CN(C(=O)c3cncn3-c3ccccc3)CCO2)c(C)c1. The monoisotopic (exact) mass is 361 g/mol. The van der Waals surface area contributed by atoms with Crippen LogP contribution >= 0.6 is 0 Å². The fraction of sp³-hybridized carbons (Fsp3) is 0.273. The van der Waals surface area contributed by atoms with Crippen molar-refractivity contribution in [3.8, 4) is 5.69 Å². The van der Waals surface area contributed by atoms with Crippen LogP contribution in [0.1, 0.15) is 33.3 Å². The van der Waals surface area contributed by atoms with Gasteiger partial charge in [0, 0.05) is 12.2 Å². The number of carbonyl (C=O) groups is 1. The lowest BCUT2D eigenvalue weighted by atomic mass is 10.00.